The minimum absolute atomic E-state index is 0.0647. The van der Waals surface area contributed by atoms with E-state index >= 15 is 0 Å². The third-order valence-electron chi connectivity index (χ3n) is 5.75. The second kappa shape index (κ2) is 4.33. The van der Waals surface area contributed by atoms with Gasteiger partial charge < -0.3 is 4.74 Å². The first-order valence-electron chi connectivity index (χ1n) is 7.35. The van der Waals surface area contributed by atoms with E-state index in [2.05, 4.69) is 0 Å². The van der Waals surface area contributed by atoms with Gasteiger partial charge in [-0.25, -0.2) is 4.90 Å². The Bertz CT molecular complexity index is 605. The van der Waals surface area contributed by atoms with E-state index < -0.39 is 5.41 Å². The summed E-state index contributed by atoms with van der Waals surface area (Å²) in [6, 6.07) is 7.10. The predicted molar refractivity (Wildman–Crippen MR) is 80.1 cm³/mol. The number of rotatable bonds is 2. The van der Waals surface area contributed by atoms with E-state index in [-0.39, 0.29) is 23.1 Å². The molecule has 1 aliphatic carbocycles. The first-order valence-corrected chi connectivity index (χ1v) is 7.35. The van der Waals surface area contributed by atoms with Gasteiger partial charge in [0.05, 0.1) is 18.2 Å². The van der Waals surface area contributed by atoms with Crippen LogP contribution in [0.3, 0.4) is 0 Å². The van der Waals surface area contributed by atoms with E-state index in [1.165, 1.54) is 4.90 Å². The maximum Gasteiger partial charge on any atom is 0.240 e. The van der Waals surface area contributed by atoms with Crippen molar-refractivity contribution in [3.8, 4) is 5.75 Å². The highest BCUT2D eigenvalue weighted by Gasteiger charge is 2.64. The standard InChI is InChI=1S/C17H21NO3/c1-16(2)13-9-10-17(16,3)15(20)18(14(13)19)11-5-7-12(21-4)8-6-11/h5-8,13H,9-10H2,1-4H3/t13-,17+/m1/s1. The van der Waals surface area contributed by atoms with Crippen LogP contribution in [0.15, 0.2) is 24.3 Å². The molecule has 1 saturated heterocycles. The van der Waals surface area contributed by atoms with Crippen LogP contribution in [0.5, 0.6) is 5.75 Å². The number of anilines is 1. The van der Waals surface area contributed by atoms with Gasteiger partial charge in [0.25, 0.3) is 0 Å². The quantitative estimate of drug-likeness (QED) is 0.786. The van der Waals surface area contributed by atoms with Gasteiger partial charge in [0.2, 0.25) is 11.8 Å². The molecule has 1 aromatic carbocycles. The fourth-order valence-corrected chi connectivity index (χ4v) is 3.79. The van der Waals surface area contributed by atoms with Crippen molar-refractivity contribution in [3.05, 3.63) is 24.3 Å². The lowest BCUT2D eigenvalue weighted by molar-refractivity contribution is -0.146. The summed E-state index contributed by atoms with van der Waals surface area (Å²) in [5, 5.41) is 0. The van der Waals surface area contributed by atoms with Gasteiger partial charge in [-0.3, -0.25) is 9.59 Å². The van der Waals surface area contributed by atoms with Crippen molar-refractivity contribution >= 4 is 17.5 Å². The van der Waals surface area contributed by atoms with Crippen LogP contribution in [0, 0.1) is 16.7 Å². The van der Waals surface area contributed by atoms with Crippen molar-refractivity contribution in [2.75, 3.05) is 12.0 Å². The fraction of sp³-hybridized carbons (Fsp3) is 0.529. The Morgan fingerprint density at radius 1 is 1.14 bits per heavy atom. The molecule has 1 aliphatic heterocycles. The zero-order chi connectivity index (χ0) is 15.4. The molecular weight excluding hydrogens is 266 g/mol. The topological polar surface area (TPSA) is 46.6 Å². The van der Waals surface area contributed by atoms with Crippen LogP contribution in [0.4, 0.5) is 5.69 Å². The SMILES string of the molecule is COc1ccc(N2C(=O)[C@H]3CC[C@@](C)(C2=O)C3(C)C)cc1. The lowest BCUT2D eigenvalue weighted by Gasteiger charge is -2.47. The molecule has 3 rings (SSSR count). The number of fused-ring (bicyclic) bond motifs is 2. The highest BCUT2D eigenvalue weighted by atomic mass is 16.5. The van der Waals surface area contributed by atoms with Crippen molar-refractivity contribution in [1.82, 2.24) is 0 Å². The highest BCUT2D eigenvalue weighted by molar-refractivity contribution is 6.20. The van der Waals surface area contributed by atoms with Gasteiger partial charge in [0, 0.05) is 5.92 Å². The molecule has 2 fully saturated rings. The number of methoxy groups -OCH3 is 1. The van der Waals surface area contributed by atoms with Crippen molar-refractivity contribution in [2.24, 2.45) is 16.7 Å². The van der Waals surface area contributed by atoms with Crippen LogP contribution in [0.2, 0.25) is 0 Å². The third kappa shape index (κ3) is 1.68. The Labute approximate surface area is 125 Å². The number of ether oxygens (including phenoxy) is 1. The van der Waals surface area contributed by atoms with Crippen LogP contribution >= 0.6 is 0 Å². The Balaban J connectivity index is 2.04. The Morgan fingerprint density at radius 3 is 2.33 bits per heavy atom. The number of nitrogens with zero attached hydrogens (tertiary/aromatic N) is 1. The summed E-state index contributed by atoms with van der Waals surface area (Å²) in [4.78, 5) is 27.1. The molecule has 2 bridgehead atoms. The Hall–Kier alpha value is -1.84. The number of piperidine rings is 1. The van der Waals surface area contributed by atoms with Crippen LogP contribution in [0.1, 0.15) is 33.6 Å². The molecule has 1 heterocycles. The van der Waals surface area contributed by atoms with E-state index in [1.54, 1.807) is 31.4 Å². The molecule has 0 unspecified atom stereocenters. The van der Waals surface area contributed by atoms with E-state index in [1.807, 2.05) is 20.8 Å². The van der Waals surface area contributed by atoms with Crippen LogP contribution in [-0.2, 0) is 9.59 Å². The fourth-order valence-electron chi connectivity index (χ4n) is 3.79. The molecule has 21 heavy (non-hydrogen) atoms. The predicted octanol–water partition coefficient (Wildman–Crippen LogP) is 3.01. The number of carbonyl (C=O) groups excluding carboxylic acids is 2. The monoisotopic (exact) mass is 287 g/mol. The lowest BCUT2D eigenvalue weighted by atomic mass is 9.62. The summed E-state index contributed by atoms with van der Waals surface area (Å²) in [6.07, 6.45) is 1.57. The minimum atomic E-state index is -0.467. The van der Waals surface area contributed by atoms with Crippen molar-refractivity contribution in [3.63, 3.8) is 0 Å². The molecule has 2 amide bonds. The molecule has 0 spiro atoms. The zero-order valence-corrected chi connectivity index (χ0v) is 13.0. The van der Waals surface area contributed by atoms with E-state index in [9.17, 15) is 9.59 Å². The average Bonchev–Trinajstić information content (AvgIpc) is 2.64. The van der Waals surface area contributed by atoms with Gasteiger partial charge >= 0.3 is 0 Å². The van der Waals surface area contributed by atoms with Crippen molar-refractivity contribution in [1.29, 1.82) is 0 Å². The summed E-state index contributed by atoms with van der Waals surface area (Å²) in [5.74, 6) is 0.494. The Morgan fingerprint density at radius 2 is 1.76 bits per heavy atom. The number of amides is 2. The van der Waals surface area contributed by atoms with Gasteiger partial charge in [-0.15, -0.1) is 0 Å². The van der Waals surface area contributed by atoms with Crippen molar-refractivity contribution in [2.45, 2.75) is 33.6 Å². The molecule has 4 heteroatoms. The molecular formula is C17H21NO3. The molecule has 2 aliphatic rings. The molecule has 0 N–H and O–H groups in total. The molecule has 1 saturated carbocycles. The minimum Gasteiger partial charge on any atom is -0.497 e. The normalized spacial score (nSPS) is 30.7. The van der Waals surface area contributed by atoms with Crippen LogP contribution < -0.4 is 9.64 Å². The van der Waals surface area contributed by atoms with E-state index in [0.29, 0.717) is 11.4 Å². The lowest BCUT2D eigenvalue weighted by Crippen LogP contribution is -2.59. The number of hydrogen-bond donors (Lipinski definition) is 0. The number of hydrogen-bond acceptors (Lipinski definition) is 3. The first kappa shape index (κ1) is 14.1. The van der Waals surface area contributed by atoms with Gasteiger partial charge in [-0.2, -0.15) is 0 Å². The van der Waals surface area contributed by atoms with Gasteiger partial charge in [0.1, 0.15) is 5.75 Å². The van der Waals surface area contributed by atoms with Gasteiger partial charge in [0.15, 0.2) is 0 Å². The number of imide groups is 1. The van der Waals surface area contributed by atoms with Gasteiger partial charge in [-0.05, 0) is 42.5 Å². The largest absolute Gasteiger partial charge is 0.497 e. The van der Waals surface area contributed by atoms with Gasteiger partial charge in [-0.1, -0.05) is 20.8 Å². The molecule has 4 nitrogen and oxygen atoms in total. The number of benzene rings is 1. The van der Waals surface area contributed by atoms with E-state index in [0.717, 1.165) is 12.8 Å². The van der Waals surface area contributed by atoms with Crippen LogP contribution in [-0.4, -0.2) is 18.9 Å². The van der Waals surface area contributed by atoms with E-state index in [4.69, 9.17) is 4.74 Å². The number of carbonyl (C=O) groups is 2. The molecule has 1 aromatic rings. The molecule has 0 aromatic heterocycles. The Kier molecular flexibility index (Phi) is 2.91. The maximum atomic E-state index is 13.0. The maximum absolute atomic E-state index is 13.0. The summed E-state index contributed by atoms with van der Waals surface area (Å²) < 4.78 is 5.13. The zero-order valence-electron chi connectivity index (χ0n) is 13.0. The molecule has 112 valence electrons. The van der Waals surface area contributed by atoms with Crippen molar-refractivity contribution < 1.29 is 14.3 Å². The summed E-state index contributed by atoms with van der Waals surface area (Å²) in [7, 11) is 1.59. The second-order valence-corrected chi connectivity index (χ2v) is 6.82. The third-order valence-corrected chi connectivity index (χ3v) is 5.75. The summed E-state index contributed by atoms with van der Waals surface area (Å²) in [6.45, 7) is 6.09. The molecule has 2 atom stereocenters. The molecule has 0 radical (unpaired) electrons. The summed E-state index contributed by atoms with van der Waals surface area (Å²) >= 11 is 0. The highest BCUT2D eigenvalue weighted by Crippen LogP contribution is 2.60. The second-order valence-electron chi connectivity index (χ2n) is 6.82. The van der Waals surface area contributed by atoms with Crippen LogP contribution in [0.25, 0.3) is 0 Å². The smallest absolute Gasteiger partial charge is 0.240 e. The average molecular weight is 287 g/mol. The first-order chi connectivity index (χ1) is 9.83. The summed E-state index contributed by atoms with van der Waals surface area (Å²) in [5.41, 5.74) is -0.102.